The molecule has 3 fully saturated rings. The number of nitrogens with zero attached hydrogens (tertiary/aromatic N) is 11. The number of anilines is 1. The quantitative estimate of drug-likeness (QED) is 0.0166. The number of rotatable bonds is 40. The highest BCUT2D eigenvalue weighted by atomic mass is 35.5. The molecule has 4 aromatic heterocycles. The van der Waals surface area contributed by atoms with E-state index in [4.69, 9.17) is 68.8 Å². The number of carbonyl (C=O) groups excluding carboxylic acids is 2. The maximum atomic E-state index is 13.8. The summed E-state index contributed by atoms with van der Waals surface area (Å²) in [6.45, 7) is 9.24. The topological polar surface area (TPSA) is 312 Å². The number of aliphatic hydroxyl groups excluding tert-OH is 1. The number of unbranched alkanes of at least 4 members (excludes halogenated alkanes) is 1. The van der Waals surface area contributed by atoms with Crippen molar-refractivity contribution in [3.8, 4) is 5.75 Å². The summed E-state index contributed by atoms with van der Waals surface area (Å²) in [5, 5.41) is 29.1. The fraction of sp³-hybridized carbons (Fsp3) is 0.660. The molecule has 1 spiro atoms. The Morgan fingerprint density at radius 3 is 2.02 bits per heavy atom. The fourth-order valence-corrected chi connectivity index (χ4v) is 10.4. The van der Waals surface area contributed by atoms with Crippen molar-refractivity contribution < 1.29 is 94.3 Å². The van der Waals surface area contributed by atoms with Gasteiger partial charge in [0.2, 0.25) is 11.0 Å². The number of aliphatic hydroxyl groups is 1. The van der Waals surface area contributed by atoms with E-state index in [0.29, 0.717) is 160 Å². The van der Waals surface area contributed by atoms with E-state index in [1.165, 1.54) is 4.68 Å². The third kappa shape index (κ3) is 20.9. The highest BCUT2D eigenvalue weighted by molar-refractivity contribution is 7.51. The predicted octanol–water partition coefficient (Wildman–Crippen LogP) is 3.38. The van der Waals surface area contributed by atoms with Gasteiger partial charge in [0.1, 0.15) is 29.8 Å². The molecule has 0 saturated carbocycles. The first-order valence-corrected chi connectivity index (χ1v) is 30.6. The molecule has 1 amide bonds. The molecular formula is C53H74ClF3N11O17P. The Morgan fingerprint density at radius 2 is 1.40 bits per heavy atom. The first-order valence-electron chi connectivity index (χ1n) is 28.4. The van der Waals surface area contributed by atoms with E-state index in [1.807, 2.05) is 22.0 Å². The van der Waals surface area contributed by atoms with Crippen molar-refractivity contribution in [2.75, 3.05) is 150 Å². The number of aromatic nitrogens is 9. The second-order valence-corrected chi connectivity index (χ2v) is 22.6. The summed E-state index contributed by atoms with van der Waals surface area (Å²) >= 11 is 6.44. The molecule has 5 aromatic rings. The van der Waals surface area contributed by atoms with Gasteiger partial charge in [0, 0.05) is 69.1 Å². The van der Waals surface area contributed by atoms with Gasteiger partial charge in [-0.1, -0.05) is 5.21 Å². The monoisotopic (exact) mass is 1260 g/mol. The number of piperidine rings is 1. The average Bonchev–Trinajstić information content (AvgIpc) is 1.39. The van der Waals surface area contributed by atoms with Crippen LogP contribution in [0.3, 0.4) is 0 Å². The van der Waals surface area contributed by atoms with Gasteiger partial charge in [-0.25, -0.2) is 22.5 Å². The number of amides is 1. The number of esters is 1. The second-order valence-electron chi connectivity index (χ2n) is 20.7. The van der Waals surface area contributed by atoms with Crippen LogP contribution in [0.1, 0.15) is 60.9 Å². The van der Waals surface area contributed by atoms with Gasteiger partial charge < -0.3 is 76.8 Å². The fourth-order valence-electron chi connectivity index (χ4n) is 9.88. The lowest BCUT2D eigenvalue weighted by molar-refractivity contribution is -0.136. The lowest BCUT2D eigenvalue weighted by atomic mass is 9.73. The van der Waals surface area contributed by atoms with E-state index in [1.54, 1.807) is 16.9 Å². The molecule has 0 bridgehead atoms. The van der Waals surface area contributed by atoms with Gasteiger partial charge >= 0.3 is 13.6 Å². The first kappa shape index (κ1) is 66.6. The zero-order valence-corrected chi connectivity index (χ0v) is 49.2. The molecule has 0 unspecified atom stereocenters. The molecule has 86 heavy (non-hydrogen) atoms. The second kappa shape index (κ2) is 33.8. The van der Waals surface area contributed by atoms with Crippen LogP contribution in [0.25, 0.3) is 11.0 Å². The Hall–Kier alpha value is -5.35. The summed E-state index contributed by atoms with van der Waals surface area (Å²) < 4.78 is 116. The predicted molar refractivity (Wildman–Crippen MR) is 296 cm³/mol. The van der Waals surface area contributed by atoms with Gasteiger partial charge in [0.05, 0.1) is 149 Å². The van der Waals surface area contributed by atoms with Crippen molar-refractivity contribution in [2.24, 2.45) is 5.41 Å². The van der Waals surface area contributed by atoms with Crippen LogP contribution >= 0.6 is 19.2 Å². The average molecular weight is 1260 g/mol. The van der Waals surface area contributed by atoms with E-state index >= 15 is 0 Å². The Labute approximate surface area is 498 Å². The smallest absolute Gasteiger partial charge is 0.350 e. The number of aryl methyl sites for hydroxylation is 2. The van der Waals surface area contributed by atoms with Gasteiger partial charge in [-0.2, -0.15) is 20.2 Å². The molecule has 3 N–H and O–H groups in total. The molecular weight excluding hydrogens is 1190 g/mol. The SMILES string of the molecule is O=C(CCOCCOCCOCCOCCOCCOCCOCCOCCn1cc(CCCCn2ccc(C(=O)N3CCCC4(C3)CN(c3nc(Cl)nc5c3cnn5[C@@H]3O[C@H](COCP(=O)(O)O)C[C@H]3O)C4)n2)nn1)Oc1c(F)cc(F)cc1F. The minimum absolute atomic E-state index is 0.00511. The standard InChI is InChI=1S/C53H74ClF3N11O17P/c54-52-59-48(41-31-58-68(49(41)60-52)51-45(69)30-40(84-51)33-83-37-86(72,73)74)65-35-53(36-65)7-3-8-64(34-53)50(71)44-5-10-66(62-44)9-2-1-4-39-32-67(63-61-39)11-13-76-15-17-78-19-21-80-23-25-82-27-26-81-24-22-79-20-18-77-16-14-75-12-6-46(70)85-47-42(56)28-38(55)29-43(47)57/h5,10,28-29,31-32,40,45,51,69H,1-4,6-9,11-27,30,33-37H2,(H2,72,73,74)/t40-,45+,51+/m0/s1. The van der Waals surface area contributed by atoms with Crippen LogP contribution in [0.5, 0.6) is 5.75 Å². The van der Waals surface area contributed by atoms with Gasteiger partial charge in [-0.05, 0) is 49.8 Å². The van der Waals surface area contributed by atoms with Crippen LogP contribution in [0.15, 0.2) is 36.8 Å². The van der Waals surface area contributed by atoms with Crippen LogP contribution < -0.4 is 9.64 Å². The minimum atomic E-state index is -4.35. The summed E-state index contributed by atoms with van der Waals surface area (Å²) in [5.41, 5.74) is 1.52. The number of fused-ring (bicyclic) bond motifs is 1. The Kier molecular flexibility index (Phi) is 26.2. The van der Waals surface area contributed by atoms with Gasteiger partial charge in [-0.3, -0.25) is 18.8 Å². The third-order valence-electron chi connectivity index (χ3n) is 13.9. The molecule has 0 radical (unpaired) electrons. The highest BCUT2D eigenvalue weighted by Crippen LogP contribution is 2.44. The van der Waals surface area contributed by atoms with Gasteiger partial charge in [0.15, 0.2) is 23.5 Å². The molecule has 7 heterocycles. The molecule has 3 aliphatic rings. The number of hydrogen-bond acceptors (Lipinski definition) is 22. The molecule has 3 saturated heterocycles. The van der Waals surface area contributed by atoms with E-state index < -0.39 is 61.6 Å². The molecule has 3 atom stereocenters. The number of benzene rings is 1. The summed E-state index contributed by atoms with van der Waals surface area (Å²) in [6, 6.07) is 2.61. The minimum Gasteiger partial charge on any atom is -0.420 e. The number of likely N-dealkylation sites (tertiary alicyclic amines) is 1. The van der Waals surface area contributed by atoms with E-state index in [9.17, 15) is 32.4 Å². The summed E-state index contributed by atoms with van der Waals surface area (Å²) in [4.78, 5) is 56.7. The van der Waals surface area contributed by atoms with Crippen LogP contribution in [-0.2, 0) is 76.2 Å². The number of carbonyl (C=O) groups is 2. The molecule has 0 aliphatic carbocycles. The summed E-state index contributed by atoms with van der Waals surface area (Å²) in [6.07, 6.45) is 6.23. The van der Waals surface area contributed by atoms with Crippen molar-refractivity contribution >= 4 is 47.9 Å². The Bertz CT molecular complexity index is 2930. The lowest BCUT2D eigenvalue weighted by Crippen LogP contribution is -2.64. The van der Waals surface area contributed by atoms with Crippen LogP contribution in [0.2, 0.25) is 5.28 Å². The van der Waals surface area contributed by atoms with Gasteiger partial charge in [-0.15, -0.1) is 5.10 Å². The van der Waals surface area contributed by atoms with Crippen molar-refractivity contribution in [3.05, 3.63) is 70.9 Å². The van der Waals surface area contributed by atoms with Crippen LogP contribution in [0, 0.1) is 22.9 Å². The number of ether oxygens (including phenoxy) is 11. The third-order valence-corrected chi connectivity index (χ3v) is 14.6. The summed E-state index contributed by atoms with van der Waals surface area (Å²) in [7, 11) is -4.35. The van der Waals surface area contributed by atoms with Crippen molar-refractivity contribution in [1.29, 1.82) is 0 Å². The largest absolute Gasteiger partial charge is 0.420 e. The van der Waals surface area contributed by atoms with Gasteiger partial charge in [0.25, 0.3) is 5.91 Å². The maximum Gasteiger partial charge on any atom is 0.350 e. The molecule has 1 aromatic carbocycles. The van der Waals surface area contributed by atoms with Crippen molar-refractivity contribution in [2.45, 2.75) is 76.5 Å². The molecule has 8 rings (SSSR count). The molecule has 3 aliphatic heterocycles. The lowest BCUT2D eigenvalue weighted by Gasteiger charge is -2.55. The van der Waals surface area contributed by atoms with Crippen LogP contribution in [-0.4, -0.2) is 233 Å². The van der Waals surface area contributed by atoms with Crippen molar-refractivity contribution in [3.63, 3.8) is 0 Å². The van der Waals surface area contributed by atoms with Crippen molar-refractivity contribution in [1.82, 2.24) is 49.4 Å². The zero-order valence-electron chi connectivity index (χ0n) is 47.6. The Balaban J connectivity index is 0.581. The first-order chi connectivity index (χ1) is 41.6. The van der Waals surface area contributed by atoms with E-state index in [0.717, 1.165) is 37.8 Å². The maximum absolute atomic E-state index is 13.8. The Morgan fingerprint density at radius 1 is 0.779 bits per heavy atom. The number of hydrogen-bond donors (Lipinski definition) is 3. The normalized spacial score (nSPS) is 17.8. The summed E-state index contributed by atoms with van der Waals surface area (Å²) in [5.74, 6) is -5.13. The molecule has 28 nitrogen and oxygen atoms in total. The molecule has 476 valence electrons. The zero-order chi connectivity index (χ0) is 60.7. The highest BCUT2D eigenvalue weighted by Gasteiger charge is 2.48. The van der Waals surface area contributed by atoms with Crippen LogP contribution in [0.4, 0.5) is 19.0 Å². The van der Waals surface area contributed by atoms with E-state index in [-0.39, 0.29) is 55.9 Å². The number of halogens is 4. The molecule has 33 heteroatoms. The van der Waals surface area contributed by atoms with E-state index in [2.05, 4.69) is 40.1 Å².